The van der Waals surface area contributed by atoms with E-state index in [-0.39, 0.29) is 0 Å². The molecule has 2 N–H and O–H groups in total. The summed E-state index contributed by atoms with van der Waals surface area (Å²) in [7, 11) is 0. The van der Waals surface area contributed by atoms with E-state index in [2.05, 4.69) is 20.4 Å². The normalized spacial score (nSPS) is 10.6. The minimum absolute atomic E-state index is 0.606. The topological polar surface area (TPSA) is 75.8 Å². The van der Waals surface area contributed by atoms with Crippen molar-refractivity contribution >= 4 is 0 Å². The number of benzene rings is 2. The molecule has 0 saturated carbocycles. The average Bonchev–Trinajstić information content (AvgIpc) is 3.38. The monoisotopic (exact) mass is 346 g/mol. The van der Waals surface area contributed by atoms with E-state index < -0.39 is 0 Å². The first-order valence-electron chi connectivity index (χ1n) is 8.35. The Morgan fingerprint density at radius 2 is 1.54 bits per heavy atom. The molecule has 0 radical (unpaired) electrons. The summed E-state index contributed by atoms with van der Waals surface area (Å²) >= 11 is 0. The Kier molecular flexibility index (Phi) is 4.64. The highest BCUT2D eigenvalue weighted by molar-refractivity contribution is 5.59. The maximum Gasteiger partial charge on any atom is 0.127 e. The Morgan fingerprint density at radius 3 is 2.19 bits per heavy atom. The van der Waals surface area contributed by atoms with Crippen LogP contribution in [0.4, 0.5) is 0 Å². The lowest BCUT2D eigenvalue weighted by Gasteiger charge is -2.08. The third-order valence-corrected chi connectivity index (χ3v) is 3.94. The van der Waals surface area contributed by atoms with E-state index in [0.717, 1.165) is 40.5 Å². The van der Waals surface area contributed by atoms with Gasteiger partial charge in [0.1, 0.15) is 17.2 Å². The number of nitrogens with zero attached hydrogens (tertiary/aromatic N) is 2. The molecule has 0 bridgehead atoms. The molecule has 0 aliphatic carbocycles. The first-order valence-corrected chi connectivity index (χ1v) is 8.35. The van der Waals surface area contributed by atoms with Crippen molar-refractivity contribution < 1.29 is 9.47 Å². The lowest BCUT2D eigenvalue weighted by atomic mass is 10.1. The third-order valence-electron chi connectivity index (χ3n) is 3.94. The number of hydrogen-bond acceptors (Lipinski definition) is 4. The highest BCUT2D eigenvalue weighted by Crippen LogP contribution is 2.26. The smallest absolute Gasteiger partial charge is 0.127 e. The summed E-state index contributed by atoms with van der Waals surface area (Å²) in [6.07, 6.45) is 6.23. The van der Waals surface area contributed by atoms with E-state index in [1.807, 2.05) is 60.8 Å². The molecule has 4 rings (SSSR count). The molecule has 0 saturated heterocycles. The van der Waals surface area contributed by atoms with Crippen LogP contribution in [0.25, 0.3) is 11.3 Å². The Labute approximate surface area is 150 Å². The second kappa shape index (κ2) is 7.57. The van der Waals surface area contributed by atoms with E-state index >= 15 is 0 Å². The summed E-state index contributed by atoms with van der Waals surface area (Å²) in [5, 5.41) is 13.6. The number of aromatic nitrogens is 4. The summed E-state index contributed by atoms with van der Waals surface area (Å²) in [5.41, 5.74) is 3.17. The lowest BCUT2D eigenvalue weighted by molar-refractivity contribution is 0.321. The van der Waals surface area contributed by atoms with Crippen LogP contribution in [0, 0.1) is 0 Å². The molecular formula is C20H18N4O2. The Morgan fingerprint density at radius 1 is 0.808 bits per heavy atom. The van der Waals surface area contributed by atoms with Gasteiger partial charge in [0.05, 0.1) is 18.5 Å². The molecule has 0 fully saturated rings. The third kappa shape index (κ3) is 3.92. The van der Waals surface area contributed by atoms with Crippen LogP contribution in [-0.4, -0.2) is 27.0 Å². The highest BCUT2D eigenvalue weighted by atomic mass is 16.5. The molecule has 0 amide bonds. The highest BCUT2D eigenvalue weighted by Gasteiger charge is 2.02. The summed E-state index contributed by atoms with van der Waals surface area (Å²) in [6, 6.07) is 17.4. The quantitative estimate of drug-likeness (QED) is 0.525. The van der Waals surface area contributed by atoms with Crippen LogP contribution >= 0.6 is 0 Å². The Hall–Kier alpha value is -3.54. The molecule has 6 nitrogen and oxygen atoms in total. The fraction of sp³-hybridized carbons (Fsp3) is 0.100. The molecule has 0 unspecified atom stereocenters. The standard InChI is InChI=1S/C20H18N4O2/c1-3-18(4-2-16(1)20-9-11-21-24-20)26-19-7-5-17(6-8-19)25-12-10-15-13-22-23-14-15/h1-9,11,13-14H,10,12H2,(H,21,24)(H,22,23). The lowest BCUT2D eigenvalue weighted by Crippen LogP contribution is -2.00. The van der Waals surface area contributed by atoms with Crippen molar-refractivity contribution in [2.75, 3.05) is 6.61 Å². The van der Waals surface area contributed by atoms with Gasteiger partial charge in [0.15, 0.2) is 0 Å². The summed E-state index contributed by atoms with van der Waals surface area (Å²) < 4.78 is 11.6. The van der Waals surface area contributed by atoms with Gasteiger partial charge in [-0.2, -0.15) is 10.2 Å². The van der Waals surface area contributed by atoms with Crippen molar-refractivity contribution in [3.8, 4) is 28.5 Å². The van der Waals surface area contributed by atoms with Gasteiger partial charge < -0.3 is 9.47 Å². The molecule has 0 aliphatic heterocycles. The molecule has 130 valence electrons. The first kappa shape index (κ1) is 16.0. The molecule has 0 spiro atoms. The number of aromatic amines is 2. The minimum atomic E-state index is 0.606. The number of nitrogens with one attached hydrogen (secondary N) is 2. The molecule has 2 aromatic heterocycles. The Bertz CT molecular complexity index is 915. The van der Waals surface area contributed by atoms with Gasteiger partial charge in [0.2, 0.25) is 0 Å². The van der Waals surface area contributed by atoms with Crippen LogP contribution in [-0.2, 0) is 6.42 Å². The predicted octanol–water partition coefficient (Wildman–Crippen LogP) is 4.21. The molecule has 2 aromatic carbocycles. The van der Waals surface area contributed by atoms with Gasteiger partial charge in [-0.05, 0) is 65.7 Å². The van der Waals surface area contributed by atoms with Crippen molar-refractivity contribution in [3.63, 3.8) is 0 Å². The summed E-state index contributed by atoms with van der Waals surface area (Å²) in [5.74, 6) is 2.36. The van der Waals surface area contributed by atoms with Gasteiger partial charge >= 0.3 is 0 Å². The van der Waals surface area contributed by atoms with Crippen molar-refractivity contribution in [3.05, 3.63) is 78.8 Å². The van der Waals surface area contributed by atoms with E-state index in [1.54, 1.807) is 12.4 Å². The predicted molar refractivity (Wildman–Crippen MR) is 98.3 cm³/mol. The fourth-order valence-corrected chi connectivity index (χ4v) is 2.56. The molecule has 0 atom stereocenters. The van der Waals surface area contributed by atoms with E-state index in [1.165, 1.54) is 0 Å². The van der Waals surface area contributed by atoms with Crippen molar-refractivity contribution in [1.82, 2.24) is 20.4 Å². The SMILES string of the molecule is c1cc(-c2ccc(Oc3ccc(OCCc4cn[nH]c4)cc3)cc2)[nH]n1. The van der Waals surface area contributed by atoms with Gasteiger partial charge in [-0.1, -0.05) is 0 Å². The van der Waals surface area contributed by atoms with Crippen LogP contribution < -0.4 is 9.47 Å². The van der Waals surface area contributed by atoms with Gasteiger partial charge in [-0.25, -0.2) is 0 Å². The maximum absolute atomic E-state index is 5.88. The van der Waals surface area contributed by atoms with Crippen molar-refractivity contribution in [2.24, 2.45) is 0 Å². The molecular weight excluding hydrogens is 328 g/mol. The first-order chi connectivity index (χ1) is 12.9. The molecule has 6 heteroatoms. The van der Waals surface area contributed by atoms with E-state index in [4.69, 9.17) is 9.47 Å². The van der Waals surface area contributed by atoms with Crippen LogP contribution in [0.3, 0.4) is 0 Å². The second-order valence-corrected chi connectivity index (χ2v) is 5.77. The zero-order valence-corrected chi connectivity index (χ0v) is 14.1. The fourth-order valence-electron chi connectivity index (χ4n) is 2.56. The second-order valence-electron chi connectivity index (χ2n) is 5.77. The number of H-pyrrole nitrogens is 2. The molecule has 4 aromatic rings. The zero-order chi connectivity index (χ0) is 17.6. The van der Waals surface area contributed by atoms with Crippen molar-refractivity contribution in [1.29, 1.82) is 0 Å². The number of hydrogen-bond donors (Lipinski definition) is 2. The number of rotatable bonds is 7. The van der Waals surface area contributed by atoms with Crippen LogP contribution in [0.15, 0.2) is 73.2 Å². The van der Waals surface area contributed by atoms with E-state index in [9.17, 15) is 0 Å². The van der Waals surface area contributed by atoms with Gasteiger partial charge in [0.25, 0.3) is 0 Å². The van der Waals surface area contributed by atoms with Gasteiger partial charge in [0, 0.05) is 18.8 Å². The van der Waals surface area contributed by atoms with Crippen LogP contribution in [0.1, 0.15) is 5.56 Å². The average molecular weight is 346 g/mol. The van der Waals surface area contributed by atoms with Gasteiger partial charge in [-0.3, -0.25) is 10.2 Å². The Balaban J connectivity index is 1.32. The van der Waals surface area contributed by atoms with Crippen molar-refractivity contribution in [2.45, 2.75) is 6.42 Å². The van der Waals surface area contributed by atoms with Crippen LogP contribution in [0.2, 0.25) is 0 Å². The maximum atomic E-state index is 5.88. The van der Waals surface area contributed by atoms with E-state index in [0.29, 0.717) is 6.61 Å². The zero-order valence-electron chi connectivity index (χ0n) is 14.1. The molecule has 2 heterocycles. The van der Waals surface area contributed by atoms with Gasteiger partial charge in [-0.15, -0.1) is 0 Å². The number of ether oxygens (including phenoxy) is 2. The molecule has 0 aliphatic rings. The minimum Gasteiger partial charge on any atom is -0.493 e. The largest absolute Gasteiger partial charge is 0.493 e. The van der Waals surface area contributed by atoms with Crippen LogP contribution in [0.5, 0.6) is 17.2 Å². The summed E-state index contributed by atoms with van der Waals surface area (Å²) in [4.78, 5) is 0. The summed E-state index contributed by atoms with van der Waals surface area (Å²) in [6.45, 7) is 0.606. The molecule has 26 heavy (non-hydrogen) atoms.